The number of benzene rings is 2. The fourth-order valence-corrected chi connectivity index (χ4v) is 2.86. The maximum atomic E-state index is 13.1. The molecule has 3 aromatic rings. The number of hydrogen-bond acceptors (Lipinski definition) is 7. The fraction of sp³-hybridized carbons (Fsp3) is 0.182. The molecule has 0 radical (unpaired) electrons. The van der Waals surface area contributed by atoms with E-state index >= 15 is 0 Å². The maximum Gasteiger partial charge on any atom is 0.416 e. The third-order valence-electron chi connectivity index (χ3n) is 4.49. The molecule has 3 rings (SSSR count). The predicted octanol–water partition coefficient (Wildman–Crippen LogP) is 3.26. The van der Waals surface area contributed by atoms with Crippen molar-refractivity contribution in [2.24, 2.45) is 0 Å². The number of carbonyl (C=O) groups is 2. The SMILES string of the molecule is O=C(NCc1nc(O)c(O)c(C(=O)NCc2ccccc2C(F)(F)F)n1)OCc1ccccc1. The van der Waals surface area contributed by atoms with Gasteiger partial charge in [0.05, 0.1) is 12.1 Å². The molecule has 0 saturated carbocycles. The van der Waals surface area contributed by atoms with Crippen LogP contribution in [0.3, 0.4) is 0 Å². The minimum atomic E-state index is -4.62. The Kier molecular flexibility index (Phi) is 7.51. The molecule has 0 aliphatic heterocycles. The molecule has 2 aromatic carbocycles. The summed E-state index contributed by atoms with van der Waals surface area (Å²) in [7, 11) is 0. The standard InChI is InChI=1S/C22H19F3N4O5/c23-22(24,25)15-9-5-4-8-14(15)10-26-19(31)17-18(30)20(32)29-16(28-17)11-27-21(33)34-12-13-6-2-1-3-7-13/h1-9,30H,10-12H2,(H,26,31)(H,27,33)(H,28,29,32). The number of rotatable bonds is 7. The first-order valence-corrected chi connectivity index (χ1v) is 9.82. The Bertz CT molecular complexity index is 1170. The largest absolute Gasteiger partial charge is 0.501 e. The molecule has 9 nitrogen and oxygen atoms in total. The molecule has 0 bridgehead atoms. The van der Waals surface area contributed by atoms with E-state index in [9.17, 15) is 33.0 Å². The van der Waals surface area contributed by atoms with E-state index in [2.05, 4.69) is 20.6 Å². The highest BCUT2D eigenvalue weighted by Crippen LogP contribution is 2.32. The van der Waals surface area contributed by atoms with Crippen LogP contribution in [0.15, 0.2) is 54.6 Å². The third-order valence-corrected chi connectivity index (χ3v) is 4.49. The second-order valence-electron chi connectivity index (χ2n) is 6.91. The molecule has 0 unspecified atom stereocenters. The fourth-order valence-electron chi connectivity index (χ4n) is 2.86. The Morgan fingerprint density at radius 1 is 0.912 bits per heavy atom. The van der Waals surface area contributed by atoms with Crippen LogP contribution in [0, 0.1) is 0 Å². The van der Waals surface area contributed by atoms with Crippen molar-refractivity contribution in [2.45, 2.75) is 25.9 Å². The van der Waals surface area contributed by atoms with Gasteiger partial charge in [0.25, 0.3) is 11.8 Å². The van der Waals surface area contributed by atoms with Gasteiger partial charge in [0.15, 0.2) is 11.5 Å². The summed E-state index contributed by atoms with van der Waals surface area (Å²) in [6.07, 6.45) is -5.44. The molecular weight excluding hydrogens is 457 g/mol. The summed E-state index contributed by atoms with van der Waals surface area (Å²) in [6, 6.07) is 13.5. The maximum absolute atomic E-state index is 13.1. The van der Waals surface area contributed by atoms with Crippen LogP contribution in [0.2, 0.25) is 0 Å². The number of aromatic nitrogens is 2. The van der Waals surface area contributed by atoms with Crippen molar-refractivity contribution < 1.29 is 37.7 Å². The average molecular weight is 476 g/mol. The molecule has 0 aliphatic carbocycles. The molecule has 1 aromatic heterocycles. The van der Waals surface area contributed by atoms with Gasteiger partial charge in [0.2, 0.25) is 5.75 Å². The van der Waals surface area contributed by atoms with Crippen LogP contribution in [0.4, 0.5) is 18.0 Å². The van der Waals surface area contributed by atoms with Gasteiger partial charge < -0.3 is 25.6 Å². The zero-order valence-electron chi connectivity index (χ0n) is 17.5. The van der Waals surface area contributed by atoms with E-state index in [-0.39, 0.29) is 24.5 Å². The zero-order valence-corrected chi connectivity index (χ0v) is 17.5. The molecule has 0 saturated heterocycles. The average Bonchev–Trinajstić information content (AvgIpc) is 2.82. The molecule has 0 fully saturated rings. The summed E-state index contributed by atoms with van der Waals surface area (Å²) in [5.74, 6) is -3.20. The molecule has 2 amide bonds. The van der Waals surface area contributed by atoms with Crippen LogP contribution in [-0.2, 0) is 30.6 Å². The minimum Gasteiger partial charge on any atom is -0.501 e. The lowest BCUT2D eigenvalue weighted by Gasteiger charge is -2.14. The Morgan fingerprint density at radius 3 is 2.29 bits per heavy atom. The van der Waals surface area contributed by atoms with E-state index < -0.39 is 47.6 Å². The van der Waals surface area contributed by atoms with Crippen LogP contribution < -0.4 is 10.6 Å². The third kappa shape index (κ3) is 6.34. The van der Waals surface area contributed by atoms with Gasteiger partial charge in [0, 0.05) is 6.54 Å². The number of nitrogens with zero attached hydrogens (tertiary/aromatic N) is 2. The van der Waals surface area contributed by atoms with Gasteiger partial charge in [-0.1, -0.05) is 48.5 Å². The lowest BCUT2D eigenvalue weighted by atomic mass is 10.1. The van der Waals surface area contributed by atoms with Crippen molar-refractivity contribution in [3.8, 4) is 11.6 Å². The topological polar surface area (TPSA) is 134 Å². The molecule has 0 aliphatic rings. The van der Waals surface area contributed by atoms with Gasteiger partial charge in [-0.2, -0.15) is 18.2 Å². The van der Waals surface area contributed by atoms with Crippen molar-refractivity contribution in [2.75, 3.05) is 0 Å². The Morgan fingerprint density at radius 2 is 1.59 bits per heavy atom. The van der Waals surface area contributed by atoms with Crippen LogP contribution in [0.1, 0.15) is 33.0 Å². The number of nitrogens with one attached hydrogen (secondary N) is 2. The molecule has 0 spiro atoms. The number of halogens is 3. The summed E-state index contributed by atoms with van der Waals surface area (Å²) in [5.41, 5.74) is -1.05. The summed E-state index contributed by atoms with van der Waals surface area (Å²) >= 11 is 0. The first-order valence-electron chi connectivity index (χ1n) is 9.82. The lowest BCUT2D eigenvalue weighted by Crippen LogP contribution is -2.28. The van der Waals surface area contributed by atoms with Crippen molar-refractivity contribution in [1.29, 1.82) is 0 Å². The van der Waals surface area contributed by atoms with Gasteiger partial charge in [0.1, 0.15) is 6.61 Å². The lowest BCUT2D eigenvalue weighted by molar-refractivity contribution is -0.138. The predicted molar refractivity (Wildman–Crippen MR) is 111 cm³/mol. The Hall–Kier alpha value is -4.35. The second-order valence-corrected chi connectivity index (χ2v) is 6.91. The van der Waals surface area contributed by atoms with E-state index in [1.807, 2.05) is 0 Å². The monoisotopic (exact) mass is 476 g/mol. The van der Waals surface area contributed by atoms with Gasteiger partial charge >= 0.3 is 12.3 Å². The number of alkyl halides is 3. The Labute approximate surface area is 191 Å². The van der Waals surface area contributed by atoms with E-state index in [1.165, 1.54) is 18.2 Å². The minimum absolute atomic E-state index is 0.00140. The van der Waals surface area contributed by atoms with Gasteiger partial charge in [-0.25, -0.2) is 9.78 Å². The molecule has 1 heterocycles. The van der Waals surface area contributed by atoms with Gasteiger partial charge in [-0.3, -0.25) is 4.79 Å². The van der Waals surface area contributed by atoms with Crippen molar-refractivity contribution >= 4 is 12.0 Å². The van der Waals surface area contributed by atoms with Crippen LogP contribution >= 0.6 is 0 Å². The van der Waals surface area contributed by atoms with Crippen molar-refractivity contribution in [3.63, 3.8) is 0 Å². The highest BCUT2D eigenvalue weighted by molar-refractivity contribution is 5.95. The molecular formula is C22H19F3N4O5. The number of aromatic hydroxyl groups is 2. The summed E-state index contributed by atoms with van der Waals surface area (Å²) in [5, 5.41) is 24.3. The van der Waals surface area contributed by atoms with Crippen LogP contribution in [0.5, 0.6) is 11.6 Å². The number of hydrogen-bond donors (Lipinski definition) is 4. The van der Waals surface area contributed by atoms with E-state index in [4.69, 9.17) is 4.74 Å². The molecule has 12 heteroatoms. The first kappa shape index (κ1) is 24.3. The Balaban J connectivity index is 1.63. The zero-order chi connectivity index (χ0) is 24.7. The van der Waals surface area contributed by atoms with Gasteiger partial charge in [-0.15, -0.1) is 0 Å². The summed E-state index contributed by atoms with van der Waals surface area (Å²) < 4.78 is 44.4. The van der Waals surface area contributed by atoms with E-state index in [0.717, 1.165) is 11.6 Å². The van der Waals surface area contributed by atoms with Crippen LogP contribution in [0.25, 0.3) is 0 Å². The molecule has 4 N–H and O–H groups in total. The van der Waals surface area contributed by atoms with Crippen LogP contribution in [-0.4, -0.2) is 32.2 Å². The summed E-state index contributed by atoms with van der Waals surface area (Å²) in [4.78, 5) is 31.6. The van der Waals surface area contributed by atoms with Crippen molar-refractivity contribution in [3.05, 3.63) is 82.8 Å². The van der Waals surface area contributed by atoms with Crippen molar-refractivity contribution in [1.82, 2.24) is 20.6 Å². The second kappa shape index (κ2) is 10.5. The molecule has 34 heavy (non-hydrogen) atoms. The smallest absolute Gasteiger partial charge is 0.416 e. The first-order chi connectivity index (χ1) is 16.1. The van der Waals surface area contributed by atoms with E-state index in [0.29, 0.717) is 0 Å². The molecule has 178 valence electrons. The quantitative estimate of drug-likeness (QED) is 0.411. The number of ether oxygens (including phenoxy) is 1. The van der Waals surface area contributed by atoms with E-state index in [1.54, 1.807) is 30.3 Å². The highest BCUT2D eigenvalue weighted by Gasteiger charge is 2.33. The molecule has 0 atom stereocenters. The number of carbonyl (C=O) groups excluding carboxylic acids is 2. The normalized spacial score (nSPS) is 11.0. The van der Waals surface area contributed by atoms with Gasteiger partial charge in [-0.05, 0) is 17.2 Å². The summed E-state index contributed by atoms with van der Waals surface area (Å²) in [6.45, 7) is -0.877. The number of amides is 2. The number of alkyl carbamates (subject to hydrolysis) is 1. The highest BCUT2D eigenvalue weighted by atomic mass is 19.4.